The molecular formula is C35H30Cl2F2N8O4. The van der Waals surface area contributed by atoms with E-state index in [0.29, 0.717) is 69.9 Å². The highest BCUT2D eigenvalue weighted by atomic mass is 35.5. The van der Waals surface area contributed by atoms with E-state index in [1.807, 2.05) is 6.07 Å². The van der Waals surface area contributed by atoms with Crippen LogP contribution in [-0.4, -0.2) is 52.9 Å². The number of fused-ring (bicyclic) bond motifs is 2. The molecule has 0 bridgehead atoms. The first kappa shape index (κ1) is 36.6. The summed E-state index contributed by atoms with van der Waals surface area (Å²) >= 11 is 11.6. The first-order valence-corrected chi connectivity index (χ1v) is 15.9. The first-order valence-electron chi connectivity index (χ1n) is 15.1. The lowest BCUT2D eigenvalue weighted by Crippen LogP contribution is -2.21. The summed E-state index contributed by atoms with van der Waals surface area (Å²) in [7, 11) is 3.03. The third-order valence-electron chi connectivity index (χ3n) is 7.42. The van der Waals surface area contributed by atoms with Gasteiger partial charge in [0.25, 0.3) is 0 Å². The molecule has 2 heterocycles. The highest BCUT2D eigenvalue weighted by Gasteiger charge is 2.15. The Labute approximate surface area is 300 Å². The highest BCUT2D eigenvalue weighted by molar-refractivity contribution is 6.31. The number of hydrogen-bond donors (Lipinski definition) is 4. The van der Waals surface area contributed by atoms with Crippen molar-refractivity contribution >= 4 is 80.2 Å². The summed E-state index contributed by atoms with van der Waals surface area (Å²) < 4.78 is 38.9. The lowest BCUT2D eigenvalue weighted by Gasteiger charge is -2.14. The molecule has 0 unspecified atom stereocenters. The molecule has 0 atom stereocenters. The van der Waals surface area contributed by atoms with Crippen molar-refractivity contribution in [3.8, 4) is 11.5 Å². The second-order valence-corrected chi connectivity index (χ2v) is 11.5. The zero-order valence-corrected chi connectivity index (χ0v) is 28.6. The smallest absolute Gasteiger partial charge is 0.218 e. The van der Waals surface area contributed by atoms with Gasteiger partial charge in [0.2, 0.25) is 5.91 Å². The van der Waals surface area contributed by atoms with Crippen LogP contribution in [0.5, 0.6) is 11.5 Å². The summed E-state index contributed by atoms with van der Waals surface area (Å²) in [5.41, 5.74) is 7.93. The van der Waals surface area contributed by atoms with E-state index in [0.717, 1.165) is 5.56 Å². The molecule has 0 saturated heterocycles. The standard InChI is InChI=1S/C19H19ClFN5O2.C16H11ClFN3O2/c1-28-16-8-15-12(7-11(16)9-23-6-5-17(22)27)19(25-10-24-15)26-14-4-2-3-13(20)18(14)21;1-23-14-6-13-10(5-9(14)7-22)16(20-8-19-13)21-12-4-2-3-11(17)15(12)18/h2-4,7-8,10,23H,5-6,9H2,1H3,(H2,22,27)(H,24,25,26);2-8H,1H3,(H,19,20,21). The number of primary amides is 1. The number of aldehydes is 1. The van der Waals surface area contributed by atoms with Gasteiger partial charge in [-0.05, 0) is 36.4 Å². The van der Waals surface area contributed by atoms with Crippen molar-refractivity contribution in [2.45, 2.75) is 13.0 Å². The Morgan fingerprint density at radius 2 is 1.33 bits per heavy atom. The molecular weight excluding hydrogens is 705 g/mol. The number of methoxy groups -OCH3 is 2. The van der Waals surface area contributed by atoms with Gasteiger partial charge >= 0.3 is 0 Å². The van der Waals surface area contributed by atoms with E-state index in [4.69, 9.17) is 38.4 Å². The lowest BCUT2D eigenvalue weighted by molar-refractivity contribution is -0.117. The minimum Gasteiger partial charge on any atom is -0.496 e. The van der Waals surface area contributed by atoms with Gasteiger partial charge in [0.15, 0.2) is 17.9 Å². The monoisotopic (exact) mass is 734 g/mol. The predicted octanol–water partition coefficient (Wildman–Crippen LogP) is 7.13. The number of amides is 1. The summed E-state index contributed by atoms with van der Waals surface area (Å²) in [4.78, 5) is 38.8. The zero-order valence-electron chi connectivity index (χ0n) is 27.1. The maximum Gasteiger partial charge on any atom is 0.218 e. The predicted molar refractivity (Wildman–Crippen MR) is 192 cm³/mol. The molecule has 51 heavy (non-hydrogen) atoms. The summed E-state index contributed by atoms with van der Waals surface area (Å²) in [6.45, 7) is 0.896. The van der Waals surface area contributed by atoms with Gasteiger partial charge in [0.1, 0.15) is 35.8 Å². The average molecular weight is 736 g/mol. The van der Waals surface area contributed by atoms with Gasteiger partial charge in [-0.25, -0.2) is 28.7 Å². The lowest BCUT2D eigenvalue weighted by atomic mass is 10.1. The van der Waals surface area contributed by atoms with Gasteiger partial charge in [-0.3, -0.25) is 9.59 Å². The van der Waals surface area contributed by atoms with E-state index in [2.05, 4.69) is 35.9 Å². The minimum atomic E-state index is -0.579. The molecule has 0 spiro atoms. The van der Waals surface area contributed by atoms with Crippen LogP contribution in [0.1, 0.15) is 22.3 Å². The molecule has 6 aromatic rings. The van der Waals surface area contributed by atoms with Crippen LogP contribution < -0.4 is 31.2 Å². The number of hydrogen-bond acceptors (Lipinski definition) is 11. The summed E-state index contributed by atoms with van der Waals surface area (Å²) in [5, 5.41) is 10.3. The Bertz CT molecular complexity index is 2230. The second-order valence-electron chi connectivity index (χ2n) is 10.7. The van der Waals surface area contributed by atoms with Gasteiger partial charge in [-0.1, -0.05) is 35.3 Å². The molecule has 5 N–H and O–H groups in total. The summed E-state index contributed by atoms with van der Waals surface area (Å²) in [6.07, 6.45) is 3.64. The SMILES string of the molecule is COc1cc2ncnc(Nc3cccc(Cl)c3F)c2cc1C=O.COc1cc2ncnc(Nc3cccc(Cl)c3F)c2cc1CNCCC(N)=O. The number of carbonyl (C=O) groups is 2. The molecule has 0 aliphatic carbocycles. The quantitative estimate of drug-likeness (QED) is 0.0746. The molecule has 4 aromatic carbocycles. The molecule has 0 radical (unpaired) electrons. The number of anilines is 4. The molecule has 6 rings (SSSR count). The Morgan fingerprint density at radius 3 is 1.84 bits per heavy atom. The van der Waals surface area contributed by atoms with E-state index in [-0.39, 0.29) is 33.7 Å². The third-order valence-corrected chi connectivity index (χ3v) is 8.01. The van der Waals surface area contributed by atoms with Crippen molar-refractivity contribution in [2.75, 3.05) is 31.4 Å². The van der Waals surface area contributed by atoms with Gasteiger partial charge in [0, 0.05) is 48.0 Å². The van der Waals surface area contributed by atoms with Crippen LogP contribution in [0.15, 0.2) is 73.3 Å². The molecule has 262 valence electrons. The Kier molecular flexibility index (Phi) is 12.1. The fraction of sp³-hybridized carbons (Fsp3) is 0.143. The Hall–Kier alpha value is -5.70. The molecule has 0 saturated carbocycles. The van der Waals surface area contributed by atoms with Crippen molar-refractivity contribution in [3.63, 3.8) is 0 Å². The number of rotatable bonds is 12. The number of benzene rings is 4. The minimum absolute atomic E-state index is 0.00334. The fourth-order valence-electron chi connectivity index (χ4n) is 4.92. The number of nitrogens with one attached hydrogen (secondary N) is 3. The van der Waals surface area contributed by atoms with Crippen LogP contribution in [-0.2, 0) is 11.3 Å². The van der Waals surface area contributed by atoms with Crippen LogP contribution >= 0.6 is 23.2 Å². The molecule has 2 aromatic heterocycles. The highest BCUT2D eigenvalue weighted by Crippen LogP contribution is 2.33. The van der Waals surface area contributed by atoms with Crippen LogP contribution in [0.3, 0.4) is 0 Å². The molecule has 12 nitrogen and oxygen atoms in total. The van der Waals surface area contributed by atoms with E-state index in [1.165, 1.54) is 31.9 Å². The van der Waals surface area contributed by atoms with E-state index < -0.39 is 11.6 Å². The normalized spacial score (nSPS) is 10.7. The largest absolute Gasteiger partial charge is 0.496 e. The van der Waals surface area contributed by atoms with E-state index >= 15 is 0 Å². The van der Waals surface area contributed by atoms with Crippen molar-refractivity contribution < 1.29 is 27.8 Å². The number of ether oxygens (including phenoxy) is 2. The Balaban J connectivity index is 0.000000201. The molecule has 16 heteroatoms. The first-order chi connectivity index (χ1) is 24.6. The Morgan fingerprint density at radius 1 is 0.804 bits per heavy atom. The van der Waals surface area contributed by atoms with Gasteiger partial charge in [0.05, 0.1) is 52.2 Å². The van der Waals surface area contributed by atoms with Gasteiger partial charge in [-0.15, -0.1) is 0 Å². The third kappa shape index (κ3) is 8.73. The fourth-order valence-corrected chi connectivity index (χ4v) is 5.27. The zero-order chi connectivity index (χ0) is 36.5. The number of nitrogens with zero attached hydrogens (tertiary/aromatic N) is 4. The second kappa shape index (κ2) is 16.8. The van der Waals surface area contributed by atoms with Crippen LogP contribution in [0.4, 0.5) is 31.8 Å². The van der Waals surface area contributed by atoms with Gasteiger partial charge < -0.3 is 31.2 Å². The summed E-state index contributed by atoms with van der Waals surface area (Å²) in [6, 6.07) is 16.2. The van der Waals surface area contributed by atoms with Crippen LogP contribution in [0.25, 0.3) is 21.8 Å². The van der Waals surface area contributed by atoms with E-state index in [9.17, 15) is 18.4 Å². The van der Waals surface area contributed by atoms with Crippen molar-refractivity contribution in [1.82, 2.24) is 25.3 Å². The van der Waals surface area contributed by atoms with Crippen molar-refractivity contribution in [1.29, 1.82) is 0 Å². The average Bonchev–Trinajstić information content (AvgIpc) is 3.13. The van der Waals surface area contributed by atoms with Gasteiger partial charge in [-0.2, -0.15) is 0 Å². The van der Waals surface area contributed by atoms with Crippen LogP contribution in [0.2, 0.25) is 10.0 Å². The number of nitrogens with two attached hydrogens (primary N) is 1. The number of carbonyl (C=O) groups excluding carboxylic acids is 2. The maximum absolute atomic E-state index is 14.3. The maximum atomic E-state index is 14.3. The molecule has 0 aliphatic rings. The molecule has 0 fully saturated rings. The van der Waals surface area contributed by atoms with E-state index in [1.54, 1.807) is 49.6 Å². The molecule has 0 aliphatic heterocycles. The molecule has 1 amide bonds. The number of halogens is 4. The number of aromatic nitrogens is 4. The topological polar surface area (TPSA) is 166 Å². The van der Waals surface area contributed by atoms with Crippen molar-refractivity contribution in [3.05, 3.63) is 106 Å². The van der Waals surface area contributed by atoms with Crippen molar-refractivity contribution in [2.24, 2.45) is 5.73 Å². The summed E-state index contributed by atoms with van der Waals surface area (Å²) in [5.74, 6) is 0.335. The van der Waals surface area contributed by atoms with Crippen LogP contribution in [0, 0.1) is 11.6 Å².